The van der Waals surface area contributed by atoms with Crippen LogP contribution in [0.1, 0.15) is 48.6 Å². The highest BCUT2D eigenvalue weighted by molar-refractivity contribution is 7.09. The molecule has 7 heteroatoms. The van der Waals surface area contributed by atoms with Gasteiger partial charge in [0.2, 0.25) is 11.8 Å². The van der Waals surface area contributed by atoms with Crippen LogP contribution in [0.2, 0.25) is 0 Å². The molecule has 1 saturated heterocycles. The third-order valence-corrected chi connectivity index (χ3v) is 5.07. The smallest absolute Gasteiger partial charge is 0.355 e. The molecule has 0 aliphatic carbocycles. The van der Waals surface area contributed by atoms with E-state index in [0.717, 1.165) is 0 Å². The molecule has 114 valence electrons. The number of thiazole rings is 1. The van der Waals surface area contributed by atoms with Gasteiger partial charge in [-0.3, -0.25) is 14.5 Å². The van der Waals surface area contributed by atoms with Crippen LogP contribution in [0.15, 0.2) is 5.38 Å². The Morgan fingerprint density at radius 1 is 1.43 bits per heavy atom. The fraction of sp³-hybridized carbons (Fsp3) is 0.571. The molecule has 2 amide bonds. The molecule has 0 radical (unpaired) electrons. The second-order valence-corrected chi connectivity index (χ2v) is 6.14. The highest BCUT2D eigenvalue weighted by Gasteiger charge is 2.48. The van der Waals surface area contributed by atoms with E-state index in [1.165, 1.54) is 21.6 Å². The lowest BCUT2D eigenvalue weighted by atomic mass is 9.81. The summed E-state index contributed by atoms with van der Waals surface area (Å²) in [6.07, 6.45) is 1.99. The summed E-state index contributed by atoms with van der Waals surface area (Å²) in [7, 11) is 0. The van der Waals surface area contributed by atoms with Crippen molar-refractivity contribution in [3.05, 3.63) is 16.1 Å². The summed E-state index contributed by atoms with van der Waals surface area (Å²) in [4.78, 5) is 40.5. The van der Waals surface area contributed by atoms with Crippen LogP contribution in [0.4, 0.5) is 0 Å². The topological polar surface area (TPSA) is 87.6 Å². The largest absolute Gasteiger partial charge is 0.476 e. The van der Waals surface area contributed by atoms with Crippen LogP contribution >= 0.6 is 11.3 Å². The zero-order valence-electron chi connectivity index (χ0n) is 12.1. The normalized spacial score (nSPS) is 17.5. The Bertz CT molecular complexity index is 577. The molecule has 0 saturated carbocycles. The summed E-state index contributed by atoms with van der Waals surface area (Å²) in [6, 6.07) is 0. The Kier molecular flexibility index (Phi) is 4.41. The Morgan fingerprint density at radius 2 is 2.10 bits per heavy atom. The van der Waals surface area contributed by atoms with E-state index in [2.05, 4.69) is 4.98 Å². The van der Waals surface area contributed by atoms with Gasteiger partial charge in [0.15, 0.2) is 5.69 Å². The second-order valence-electron chi connectivity index (χ2n) is 5.20. The first-order valence-corrected chi connectivity index (χ1v) is 7.84. The lowest BCUT2D eigenvalue weighted by Gasteiger charge is -2.23. The number of aromatic nitrogens is 1. The van der Waals surface area contributed by atoms with Crippen molar-refractivity contribution >= 4 is 29.1 Å². The number of rotatable bonds is 6. The summed E-state index contributed by atoms with van der Waals surface area (Å²) in [6.45, 7) is 4.13. The van der Waals surface area contributed by atoms with Crippen molar-refractivity contribution in [2.24, 2.45) is 5.41 Å². The van der Waals surface area contributed by atoms with Crippen molar-refractivity contribution in [2.75, 3.05) is 6.54 Å². The molecule has 1 N–H and O–H groups in total. The molecule has 0 spiro atoms. The maximum absolute atomic E-state index is 12.4. The lowest BCUT2D eigenvalue weighted by molar-refractivity contribution is -0.141. The van der Waals surface area contributed by atoms with Crippen molar-refractivity contribution < 1.29 is 19.5 Å². The molecule has 1 aromatic heterocycles. The van der Waals surface area contributed by atoms with Gasteiger partial charge in [0.1, 0.15) is 0 Å². The first-order chi connectivity index (χ1) is 9.93. The molecule has 0 atom stereocenters. The molecule has 2 rings (SSSR count). The summed E-state index contributed by atoms with van der Waals surface area (Å²) in [5.41, 5.74) is -0.544. The summed E-state index contributed by atoms with van der Waals surface area (Å²) >= 11 is 1.23. The van der Waals surface area contributed by atoms with Gasteiger partial charge in [0, 0.05) is 24.8 Å². The first-order valence-electron chi connectivity index (χ1n) is 6.96. The molecular weight excluding hydrogens is 292 g/mol. The minimum absolute atomic E-state index is 0.00513. The lowest BCUT2D eigenvalue weighted by Crippen LogP contribution is -2.36. The molecular formula is C14H18N2O4S. The summed E-state index contributed by atoms with van der Waals surface area (Å²) < 4.78 is 0. The monoisotopic (exact) mass is 310 g/mol. The van der Waals surface area contributed by atoms with Crippen LogP contribution in [-0.4, -0.2) is 39.3 Å². The van der Waals surface area contributed by atoms with Gasteiger partial charge in [-0.2, -0.15) is 0 Å². The van der Waals surface area contributed by atoms with E-state index in [9.17, 15) is 14.4 Å². The number of imide groups is 1. The van der Waals surface area contributed by atoms with Gasteiger partial charge in [-0.05, 0) is 12.8 Å². The SMILES string of the molecule is CCC1(CC)CC(=O)N(CCc2nc(C(=O)O)cs2)C1=O. The van der Waals surface area contributed by atoms with Crippen LogP contribution in [0, 0.1) is 5.41 Å². The number of hydrogen-bond acceptors (Lipinski definition) is 5. The molecule has 2 heterocycles. The van der Waals surface area contributed by atoms with Gasteiger partial charge < -0.3 is 5.11 Å². The van der Waals surface area contributed by atoms with E-state index >= 15 is 0 Å². The molecule has 0 bridgehead atoms. The zero-order chi connectivity index (χ0) is 15.6. The Labute approximate surface area is 126 Å². The maximum Gasteiger partial charge on any atom is 0.355 e. The van der Waals surface area contributed by atoms with Crippen molar-refractivity contribution in [1.29, 1.82) is 0 Å². The summed E-state index contributed by atoms with van der Waals surface area (Å²) in [5.74, 6) is -1.31. The van der Waals surface area contributed by atoms with Gasteiger partial charge in [-0.15, -0.1) is 11.3 Å². The molecule has 1 aliphatic heterocycles. The second kappa shape index (κ2) is 5.93. The van der Waals surface area contributed by atoms with Crippen LogP contribution in [0.25, 0.3) is 0 Å². The zero-order valence-corrected chi connectivity index (χ0v) is 12.9. The van der Waals surface area contributed by atoms with Crippen molar-refractivity contribution in [3.8, 4) is 0 Å². The van der Waals surface area contributed by atoms with Gasteiger partial charge in [0.25, 0.3) is 0 Å². The number of likely N-dealkylation sites (tertiary alicyclic amines) is 1. The molecule has 6 nitrogen and oxygen atoms in total. The predicted molar refractivity (Wildman–Crippen MR) is 77.1 cm³/mol. The van der Waals surface area contributed by atoms with Crippen molar-refractivity contribution in [1.82, 2.24) is 9.88 Å². The van der Waals surface area contributed by atoms with E-state index in [-0.39, 0.29) is 30.5 Å². The minimum atomic E-state index is -1.07. The van der Waals surface area contributed by atoms with Crippen LogP contribution in [-0.2, 0) is 16.0 Å². The Balaban J connectivity index is 2.04. The van der Waals surface area contributed by atoms with E-state index in [1.54, 1.807) is 0 Å². The predicted octanol–water partition coefficient (Wildman–Crippen LogP) is 1.95. The number of hydrogen-bond donors (Lipinski definition) is 1. The standard InChI is InChI=1S/C14H18N2O4S/c1-3-14(4-2)7-11(17)16(13(14)20)6-5-10-15-9(8-21-10)12(18)19/h8H,3-7H2,1-2H3,(H,18,19). The van der Waals surface area contributed by atoms with Crippen LogP contribution in [0.3, 0.4) is 0 Å². The fourth-order valence-corrected chi connectivity index (χ4v) is 3.38. The average Bonchev–Trinajstić information content (AvgIpc) is 3.01. The average molecular weight is 310 g/mol. The third-order valence-electron chi connectivity index (χ3n) is 4.16. The molecule has 0 unspecified atom stereocenters. The number of amides is 2. The highest BCUT2D eigenvalue weighted by Crippen LogP contribution is 2.39. The van der Waals surface area contributed by atoms with Crippen molar-refractivity contribution in [3.63, 3.8) is 0 Å². The number of carboxylic acid groups (broad SMARTS) is 1. The number of carboxylic acids is 1. The van der Waals surface area contributed by atoms with E-state index in [1.807, 2.05) is 13.8 Å². The quantitative estimate of drug-likeness (QED) is 0.811. The van der Waals surface area contributed by atoms with Crippen LogP contribution in [0.5, 0.6) is 0 Å². The third kappa shape index (κ3) is 2.83. The van der Waals surface area contributed by atoms with Gasteiger partial charge in [-0.25, -0.2) is 9.78 Å². The van der Waals surface area contributed by atoms with E-state index in [0.29, 0.717) is 24.3 Å². The van der Waals surface area contributed by atoms with Gasteiger partial charge >= 0.3 is 5.97 Å². The summed E-state index contributed by atoms with van der Waals surface area (Å²) in [5, 5.41) is 10.9. The minimum Gasteiger partial charge on any atom is -0.476 e. The van der Waals surface area contributed by atoms with Crippen molar-refractivity contribution in [2.45, 2.75) is 39.5 Å². The number of nitrogens with zero attached hydrogens (tertiary/aromatic N) is 2. The molecule has 1 aromatic rings. The number of carbonyl (C=O) groups is 3. The maximum atomic E-state index is 12.4. The fourth-order valence-electron chi connectivity index (χ4n) is 2.62. The van der Waals surface area contributed by atoms with Gasteiger partial charge in [-0.1, -0.05) is 13.8 Å². The molecule has 21 heavy (non-hydrogen) atoms. The Morgan fingerprint density at radius 3 is 2.57 bits per heavy atom. The number of aromatic carboxylic acids is 1. The highest BCUT2D eigenvalue weighted by atomic mass is 32.1. The van der Waals surface area contributed by atoms with E-state index in [4.69, 9.17) is 5.11 Å². The number of carbonyl (C=O) groups excluding carboxylic acids is 2. The molecule has 1 aliphatic rings. The van der Waals surface area contributed by atoms with Gasteiger partial charge in [0.05, 0.1) is 10.4 Å². The van der Waals surface area contributed by atoms with Crippen LogP contribution < -0.4 is 0 Å². The molecule has 0 aromatic carbocycles. The molecule has 1 fully saturated rings. The Hall–Kier alpha value is -1.76. The van der Waals surface area contributed by atoms with E-state index < -0.39 is 11.4 Å². The first kappa shape index (κ1) is 15.6.